The molecule has 1 amide bonds. The van der Waals surface area contributed by atoms with Crippen LogP contribution in [0.1, 0.15) is 11.1 Å². The maximum atomic E-state index is 11.8. The van der Waals surface area contributed by atoms with Crippen LogP contribution < -0.4 is 0 Å². The van der Waals surface area contributed by atoms with E-state index in [1.165, 1.54) is 19.3 Å². The molecular weight excluding hydrogens is 246 g/mol. The number of rotatable bonds is 3. The van der Waals surface area contributed by atoms with Crippen LogP contribution in [0, 0.1) is 6.92 Å². The molecule has 0 fully saturated rings. The van der Waals surface area contributed by atoms with Crippen LogP contribution in [0.3, 0.4) is 0 Å². The highest BCUT2D eigenvalue weighted by molar-refractivity contribution is 5.93. The summed E-state index contributed by atoms with van der Waals surface area (Å²) in [6.07, 6.45) is 2.63. The summed E-state index contributed by atoms with van der Waals surface area (Å²) < 4.78 is 4.54. The summed E-state index contributed by atoms with van der Waals surface area (Å²) in [5, 5.41) is 10.6. The van der Waals surface area contributed by atoms with Gasteiger partial charge in [-0.05, 0) is 13.0 Å². The second kappa shape index (κ2) is 4.85. The van der Waals surface area contributed by atoms with Crippen molar-refractivity contribution in [3.8, 4) is 0 Å². The van der Waals surface area contributed by atoms with Crippen LogP contribution in [0.4, 0.5) is 0 Å². The number of hydrogen-bond acceptors (Lipinski definition) is 4. The Morgan fingerprint density at radius 3 is 2.58 bits per heavy atom. The molecule has 0 bridgehead atoms. The SMILES string of the molecule is COC(=O)CN1C(=O)C=CC1(O)c1ccc(C)cc1. The number of hydrogen-bond donors (Lipinski definition) is 1. The van der Waals surface area contributed by atoms with Gasteiger partial charge in [-0.25, -0.2) is 0 Å². The smallest absolute Gasteiger partial charge is 0.325 e. The maximum absolute atomic E-state index is 11.8. The van der Waals surface area contributed by atoms with Crippen LogP contribution in [0.2, 0.25) is 0 Å². The molecule has 0 aromatic heterocycles. The van der Waals surface area contributed by atoms with Gasteiger partial charge in [0.2, 0.25) is 5.91 Å². The molecule has 1 aromatic rings. The van der Waals surface area contributed by atoms with Crippen LogP contribution in [0.5, 0.6) is 0 Å². The summed E-state index contributed by atoms with van der Waals surface area (Å²) >= 11 is 0. The number of aliphatic hydroxyl groups is 1. The molecule has 2 rings (SSSR count). The summed E-state index contributed by atoms with van der Waals surface area (Å²) in [6, 6.07) is 7.12. The van der Waals surface area contributed by atoms with E-state index in [-0.39, 0.29) is 6.54 Å². The number of benzene rings is 1. The predicted molar refractivity (Wildman–Crippen MR) is 67.9 cm³/mol. The lowest BCUT2D eigenvalue weighted by Gasteiger charge is -2.32. The molecule has 1 heterocycles. The summed E-state index contributed by atoms with van der Waals surface area (Å²) in [6.45, 7) is 1.63. The molecule has 1 aliphatic rings. The first-order chi connectivity index (χ1) is 8.97. The highest BCUT2D eigenvalue weighted by Gasteiger charge is 2.42. The molecule has 0 saturated heterocycles. The summed E-state index contributed by atoms with van der Waals surface area (Å²) in [4.78, 5) is 24.2. The van der Waals surface area contributed by atoms with Gasteiger partial charge in [-0.2, -0.15) is 0 Å². The largest absolute Gasteiger partial charge is 0.468 e. The summed E-state index contributed by atoms with van der Waals surface area (Å²) in [5.74, 6) is -1.00. The van der Waals surface area contributed by atoms with Crippen molar-refractivity contribution in [2.24, 2.45) is 0 Å². The number of esters is 1. The first-order valence-electron chi connectivity index (χ1n) is 5.84. The molecule has 0 aliphatic carbocycles. The highest BCUT2D eigenvalue weighted by Crippen LogP contribution is 2.32. The average Bonchev–Trinajstić information content (AvgIpc) is 2.68. The van der Waals surface area contributed by atoms with Gasteiger partial charge in [-0.15, -0.1) is 0 Å². The Balaban J connectivity index is 2.34. The number of carbonyl (C=O) groups is 2. The zero-order valence-corrected chi connectivity index (χ0v) is 10.8. The third kappa shape index (κ3) is 2.37. The van der Waals surface area contributed by atoms with Crippen molar-refractivity contribution >= 4 is 11.9 Å². The molecule has 0 radical (unpaired) electrons. The quantitative estimate of drug-likeness (QED) is 0.814. The molecule has 1 aromatic carbocycles. The van der Waals surface area contributed by atoms with Gasteiger partial charge in [-0.3, -0.25) is 14.5 Å². The van der Waals surface area contributed by atoms with Crippen LogP contribution in [-0.4, -0.2) is 35.5 Å². The molecule has 5 heteroatoms. The fraction of sp³-hybridized carbons (Fsp3) is 0.286. The molecule has 100 valence electrons. The maximum Gasteiger partial charge on any atom is 0.325 e. The first-order valence-corrected chi connectivity index (χ1v) is 5.84. The third-order valence-electron chi connectivity index (χ3n) is 3.13. The Bertz CT molecular complexity index is 535. The van der Waals surface area contributed by atoms with Gasteiger partial charge in [0, 0.05) is 11.6 Å². The zero-order chi connectivity index (χ0) is 14.0. The Morgan fingerprint density at radius 1 is 1.37 bits per heavy atom. The minimum absolute atomic E-state index is 0.299. The Morgan fingerprint density at radius 2 is 2.00 bits per heavy atom. The minimum atomic E-state index is -1.60. The fourth-order valence-electron chi connectivity index (χ4n) is 1.98. The number of nitrogens with zero attached hydrogens (tertiary/aromatic N) is 1. The molecule has 0 spiro atoms. The number of carbonyl (C=O) groups excluding carboxylic acids is 2. The average molecular weight is 261 g/mol. The van der Waals surface area contributed by atoms with Crippen molar-refractivity contribution in [2.45, 2.75) is 12.6 Å². The predicted octanol–water partition coefficient (Wildman–Crippen LogP) is 0.712. The van der Waals surface area contributed by atoms with E-state index in [0.29, 0.717) is 5.56 Å². The zero-order valence-electron chi connectivity index (χ0n) is 10.8. The van der Waals surface area contributed by atoms with E-state index in [4.69, 9.17) is 0 Å². The lowest BCUT2D eigenvalue weighted by Crippen LogP contribution is -2.46. The van der Waals surface area contributed by atoms with Gasteiger partial charge in [0.1, 0.15) is 6.54 Å². The van der Waals surface area contributed by atoms with Crippen LogP contribution in [-0.2, 0) is 20.1 Å². The van der Waals surface area contributed by atoms with Crippen molar-refractivity contribution in [2.75, 3.05) is 13.7 Å². The van der Waals surface area contributed by atoms with E-state index in [9.17, 15) is 14.7 Å². The van der Waals surface area contributed by atoms with E-state index in [1.54, 1.807) is 12.1 Å². The van der Waals surface area contributed by atoms with Gasteiger partial charge in [0.15, 0.2) is 5.72 Å². The van der Waals surface area contributed by atoms with Gasteiger partial charge in [-0.1, -0.05) is 29.8 Å². The molecular formula is C14H15NO4. The molecule has 1 N–H and O–H groups in total. The van der Waals surface area contributed by atoms with Crippen LogP contribution in [0.25, 0.3) is 0 Å². The van der Waals surface area contributed by atoms with Gasteiger partial charge < -0.3 is 9.84 Å². The van der Waals surface area contributed by atoms with Gasteiger partial charge in [0.25, 0.3) is 0 Å². The van der Waals surface area contributed by atoms with E-state index in [2.05, 4.69) is 4.74 Å². The lowest BCUT2D eigenvalue weighted by molar-refractivity contribution is -0.157. The van der Waals surface area contributed by atoms with E-state index < -0.39 is 17.6 Å². The summed E-state index contributed by atoms with van der Waals surface area (Å²) in [7, 11) is 1.24. The van der Waals surface area contributed by atoms with Crippen molar-refractivity contribution in [3.63, 3.8) is 0 Å². The second-order valence-electron chi connectivity index (χ2n) is 4.43. The summed E-state index contributed by atoms with van der Waals surface area (Å²) in [5.41, 5.74) is -0.0248. The van der Waals surface area contributed by atoms with Gasteiger partial charge in [0.05, 0.1) is 7.11 Å². The monoisotopic (exact) mass is 261 g/mol. The molecule has 19 heavy (non-hydrogen) atoms. The second-order valence-corrected chi connectivity index (χ2v) is 4.43. The van der Waals surface area contributed by atoms with Crippen molar-refractivity contribution in [1.29, 1.82) is 0 Å². The van der Waals surface area contributed by atoms with Crippen molar-refractivity contribution in [1.82, 2.24) is 4.90 Å². The standard InChI is InChI=1S/C14H15NO4/c1-10-3-5-11(6-4-10)14(18)8-7-12(16)15(14)9-13(17)19-2/h3-8,18H,9H2,1-2H3. The number of ether oxygens (including phenoxy) is 1. The van der Waals surface area contributed by atoms with Gasteiger partial charge >= 0.3 is 5.97 Å². The Kier molecular flexibility index (Phi) is 3.40. The lowest BCUT2D eigenvalue weighted by atomic mass is 10.0. The van der Waals surface area contributed by atoms with Crippen LogP contribution in [0.15, 0.2) is 36.4 Å². The molecule has 1 unspecified atom stereocenters. The normalized spacial score (nSPS) is 21.8. The molecule has 0 saturated carbocycles. The highest BCUT2D eigenvalue weighted by atomic mass is 16.5. The van der Waals surface area contributed by atoms with Crippen molar-refractivity contribution in [3.05, 3.63) is 47.5 Å². The first kappa shape index (κ1) is 13.3. The minimum Gasteiger partial charge on any atom is -0.468 e. The van der Waals surface area contributed by atoms with E-state index >= 15 is 0 Å². The van der Waals surface area contributed by atoms with Crippen molar-refractivity contribution < 1.29 is 19.4 Å². The Hall–Kier alpha value is -2.14. The number of aryl methyl sites for hydroxylation is 1. The number of methoxy groups -OCH3 is 1. The fourth-order valence-corrected chi connectivity index (χ4v) is 1.98. The topological polar surface area (TPSA) is 66.8 Å². The van der Waals surface area contributed by atoms with E-state index in [1.807, 2.05) is 19.1 Å². The number of amides is 1. The molecule has 1 aliphatic heterocycles. The molecule has 1 atom stereocenters. The molecule has 5 nitrogen and oxygen atoms in total. The Labute approximate surface area is 111 Å². The van der Waals surface area contributed by atoms with E-state index in [0.717, 1.165) is 10.5 Å². The third-order valence-corrected chi connectivity index (χ3v) is 3.13. The van der Waals surface area contributed by atoms with Crippen LogP contribution >= 0.6 is 0 Å².